The number of nitrogens with one attached hydrogen (secondary N) is 1. The zero-order valence-corrected chi connectivity index (χ0v) is 14.3. The van der Waals surface area contributed by atoms with Gasteiger partial charge in [0.15, 0.2) is 0 Å². The largest absolute Gasteiger partial charge is 0.340 e. The third-order valence-electron chi connectivity index (χ3n) is 4.16. The molecule has 2 rings (SSSR count). The van der Waals surface area contributed by atoms with Crippen LogP contribution in [-0.4, -0.2) is 60.9 Å². The van der Waals surface area contributed by atoms with Crippen LogP contribution in [0.2, 0.25) is 0 Å². The Morgan fingerprint density at radius 2 is 1.70 bits per heavy atom. The van der Waals surface area contributed by atoms with Gasteiger partial charge in [-0.05, 0) is 31.5 Å². The Kier molecular flexibility index (Phi) is 6.16. The number of hydrogen-bond donors (Lipinski definition) is 1. The van der Waals surface area contributed by atoms with Crippen LogP contribution in [0, 0.1) is 5.92 Å². The van der Waals surface area contributed by atoms with E-state index in [0.29, 0.717) is 17.9 Å². The number of carbonyl (C=O) groups excluding carboxylic acids is 2. The summed E-state index contributed by atoms with van der Waals surface area (Å²) in [6.45, 7) is 7.35. The second-order valence-electron chi connectivity index (χ2n) is 6.65. The Balaban J connectivity index is 2.04. The third-order valence-corrected chi connectivity index (χ3v) is 4.16. The Morgan fingerprint density at radius 1 is 1.09 bits per heavy atom. The average molecular weight is 317 g/mol. The fourth-order valence-corrected chi connectivity index (χ4v) is 2.77. The Hall–Kier alpha value is -1.88. The van der Waals surface area contributed by atoms with Crippen molar-refractivity contribution in [3.63, 3.8) is 0 Å². The van der Waals surface area contributed by atoms with E-state index in [0.717, 1.165) is 26.2 Å². The summed E-state index contributed by atoms with van der Waals surface area (Å²) < 4.78 is 0. The van der Waals surface area contributed by atoms with Gasteiger partial charge in [0.25, 0.3) is 5.91 Å². The molecule has 2 amide bonds. The monoisotopic (exact) mass is 317 g/mol. The Labute approximate surface area is 138 Å². The highest BCUT2D eigenvalue weighted by Crippen LogP contribution is 2.11. The van der Waals surface area contributed by atoms with Gasteiger partial charge in [-0.15, -0.1) is 0 Å². The van der Waals surface area contributed by atoms with Crippen LogP contribution in [0.4, 0.5) is 0 Å². The van der Waals surface area contributed by atoms with Crippen molar-refractivity contribution in [3.05, 3.63) is 35.9 Å². The van der Waals surface area contributed by atoms with E-state index in [9.17, 15) is 9.59 Å². The molecule has 0 aliphatic carbocycles. The number of rotatable bonds is 5. The van der Waals surface area contributed by atoms with Gasteiger partial charge in [-0.2, -0.15) is 0 Å². The van der Waals surface area contributed by atoms with E-state index in [-0.39, 0.29) is 11.8 Å². The molecule has 0 radical (unpaired) electrons. The molecule has 1 aromatic carbocycles. The molecule has 1 heterocycles. The highest BCUT2D eigenvalue weighted by molar-refractivity contribution is 5.97. The lowest BCUT2D eigenvalue weighted by molar-refractivity contribution is -0.135. The lowest BCUT2D eigenvalue weighted by Crippen LogP contribution is -2.54. The van der Waals surface area contributed by atoms with E-state index in [1.807, 2.05) is 23.1 Å². The molecule has 1 fully saturated rings. The van der Waals surface area contributed by atoms with Crippen LogP contribution >= 0.6 is 0 Å². The molecule has 0 aromatic heterocycles. The molecule has 0 unspecified atom stereocenters. The van der Waals surface area contributed by atoms with Crippen LogP contribution in [0.25, 0.3) is 0 Å². The molecule has 0 bridgehead atoms. The van der Waals surface area contributed by atoms with Gasteiger partial charge in [0.2, 0.25) is 5.91 Å². The van der Waals surface area contributed by atoms with E-state index < -0.39 is 6.04 Å². The number of nitrogens with zero attached hydrogens (tertiary/aromatic N) is 2. The van der Waals surface area contributed by atoms with Crippen molar-refractivity contribution in [2.24, 2.45) is 5.92 Å². The highest BCUT2D eigenvalue weighted by atomic mass is 16.2. The summed E-state index contributed by atoms with van der Waals surface area (Å²) in [5, 5.41) is 2.93. The summed E-state index contributed by atoms with van der Waals surface area (Å²) >= 11 is 0. The summed E-state index contributed by atoms with van der Waals surface area (Å²) in [4.78, 5) is 29.3. The molecule has 1 aromatic rings. The molecule has 1 atom stereocenters. The summed E-state index contributed by atoms with van der Waals surface area (Å²) in [6, 6.07) is 8.61. The average Bonchev–Trinajstić information content (AvgIpc) is 2.54. The zero-order chi connectivity index (χ0) is 16.8. The number of benzene rings is 1. The van der Waals surface area contributed by atoms with Crippen LogP contribution in [0.15, 0.2) is 30.3 Å². The second kappa shape index (κ2) is 8.11. The van der Waals surface area contributed by atoms with Crippen molar-refractivity contribution in [3.8, 4) is 0 Å². The molecule has 5 heteroatoms. The first kappa shape index (κ1) is 17.5. The second-order valence-corrected chi connectivity index (χ2v) is 6.65. The number of amides is 2. The minimum atomic E-state index is -0.453. The maximum Gasteiger partial charge on any atom is 0.251 e. The molecule has 0 spiro atoms. The van der Waals surface area contributed by atoms with Gasteiger partial charge in [0.1, 0.15) is 6.04 Å². The van der Waals surface area contributed by atoms with Crippen LogP contribution in [-0.2, 0) is 4.79 Å². The van der Waals surface area contributed by atoms with Crippen LogP contribution in [0.1, 0.15) is 30.6 Å². The molecule has 23 heavy (non-hydrogen) atoms. The Bertz CT molecular complexity index is 522. The van der Waals surface area contributed by atoms with Gasteiger partial charge in [0, 0.05) is 31.7 Å². The first-order valence-corrected chi connectivity index (χ1v) is 8.30. The number of piperazine rings is 1. The van der Waals surface area contributed by atoms with Gasteiger partial charge < -0.3 is 15.1 Å². The van der Waals surface area contributed by atoms with E-state index in [2.05, 4.69) is 31.1 Å². The van der Waals surface area contributed by atoms with Gasteiger partial charge in [-0.1, -0.05) is 32.0 Å². The van der Waals surface area contributed by atoms with E-state index >= 15 is 0 Å². The SMILES string of the molecule is CC(C)C[C@@H](NC(=O)c1ccccc1)C(=O)N1CCN(C)CC1. The van der Waals surface area contributed by atoms with Crippen LogP contribution in [0.3, 0.4) is 0 Å². The maximum atomic E-state index is 12.8. The molecule has 1 N–H and O–H groups in total. The minimum absolute atomic E-state index is 0.0380. The maximum absolute atomic E-state index is 12.8. The van der Waals surface area contributed by atoms with Crippen molar-refractivity contribution >= 4 is 11.8 Å². The highest BCUT2D eigenvalue weighted by Gasteiger charge is 2.28. The number of carbonyl (C=O) groups is 2. The van der Waals surface area contributed by atoms with Crippen molar-refractivity contribution in [1.29, 1.82) is 0 Å². The van der Waals surface area contributed by atoms with Crippen molar-refractivity contribution in [1.82, 2.24) is 15.1 Å². The number of hydrogen-bond acceptors (Lipinski definition) is 3. The molecular formula is C18H27N3O2. The van der Waals surface area contributed by atoms with Gasteiger partial charge in [-0.3, -0.25) is 9.59 Å². The van der Waals surface area contributed by atoms with Crippen molar-refractivity contribution in [2.75, 3.05) is 33.2 Å². The lowest BCUT2D eigenvalue weighted by Gasteiger charge is -2.35. The summed E-state index contributed by atoms with van der Waals surface area (Å²) in [7, 11) is 2.06. The van der Waals surface area contributed by atoms with Gasteiger partial charge >= 0.3 is 0 Å². The van der Waals surface area contributed by atoms with Crippen LogP contribution < -0.4 is 5.32 Å². The Morgan fingerprint density at radius 3 is 2.26 bits per heavy atom. The first-order chi connectivity index (χ1) is 11.0. The molecule has 1 aliphatic rings. The van der Waals surface area contributed by atoms with E-state index in [1.165, 1.54) is 0 Å². The quantitative estimate of drug-likeness (QED) is 0.897. The fraction of sp³-hybridized carbons (Fsp3) is 0.556. The van der Waals surface area contributed by atoms with Crippen molar-refractivity contribution in [2.45, 2.75) is 26.3 Å². The fourth-order valence-electron chi connectivity index (χ4n) is 2.77. The van der Waals surface area contributed by atoms with Gasteiger partial charge in [0.05, 0.1) is 0 Å². The summed E-state index contributed by atoms with van der Waals surface area (Å²) in [5.74, 6) is 0.197. The van der Waals surface area contributed by atoms with E-state index in [1.54, 1.807) is 12.1 Å². The third kappa shape index (κ3) is 5.06. The smallest absolute Gasteiger partial charge is 0.251 e. The normalized spacial score (nSPS) is 17.1. The molecule has 1 saturated heterocycles. The molecular weight excluding hydrogens is 290 g/mol. The standard InChI is InChI=1S/C18H27N3O2/c1-14(2)13-16(18(23)21-11-9-20(3)10-12-21)19-17(22)15-7-5-4-6-8-15/h4-8,14,16H,9-13H2,1-3H3,(H,19,22)/t16-/m1/s1. The summed E-state index contributed by atoms with van der Waals surface area (Å²) in [6.07, 6.45) is 0.656. The predicted molar refractivity (Wildman–Crippen MR) is 91.2 cm³/mol. The first-order valence-electron chi connectivity index (χ1n) is 8.30. The molecule has 1 aliphatic heterocycles. The zero-order valence-electron chi connectivity index (χ0n) is 14.3. The molecule has 0 saturated carbocycles. The summed E-state index contributed by atoms with van der Waals surface area (Å²) in [5.41, 5.74) is 0.590. The number of likely N-dealkylation sites (N-methyl/N-ethyl adjacent to an activating group) is 1. The van der Waals surface area contributed by atoms with E-state index in [4.69, 9.17) is 0 Å². The van der Waals surface area contributed by atoms with Crippen LogP contribution in [0.5, 0.6) is 0 Å². The molecule has 126 valence electrons. The van der Waals surface area contributed by atoms with Crippen molar-refractivity contribution < 1.29 is 9.59 Å². The minimum Gasteiger partial charge on any atom is -0.340 e. The topological polar surface area (TPSA) is 52.7 Å². The predicted octanol–water partition coefficient (Wildman–Crippen LogP) is 1.61. The van der Waals surface area contributed by atoms with Gasteiger partial charge in [-0.25, -0.2) is 0 Å². The molecule has 5 nitrogen and oxygen atoms in total. The lowest BCUT2D eigenvalue weighted by atomic mass is 10.0.